The molecule has 0 N–H and O–H groups in total. The van der Waals surface area contributed by atoms with Crippen molar-refractivity contribution in [2.45, 2.75) is 25.4 Å². The summed E-state index contributed by atoms with van der Waals surface area (Å²) < 4.78 is 23.7. The van der Waals surface area contributed by atoms with E-state index in [2.05, 4.69) is 0 Å². The number of thiophene rings is 1. The number of carbonyl (C=O) groups is 2. The van der Waals surface area contributed by atoms with Gasteiger partial charge in [-0.2, -0.15) is 0 Å². The number of rotatable bonds is 4. The molecule has 0 radical (unpaired) electrons. The number of carbonyl (C=O) groups excluding carboxylic acids is 2. The van der Waals surface area contributed by atoms with Gasteiger partial charge in [-0.15, -0.1) is 11.3 Å². The normalized spacial score (nSPS) is 25.1. The van der Waals surface area contributed by atoms with Crippen molar-refractivity contribution in [2.24, 2.45) is 0 Å². The quantitative estimate of drug-likeness (QED) is 0.537. The third-order valence-corrected chi connectivity index (χ3v) is 8.39. The van der Waals surface area contributed by atoms with Crippen LogP contribution in [0, 0.1) is 0 Å². The molecule has 26 heavy (non-hydrogen) atoms. The van der Waals surface area contributed by atoms with Crippen molar-refractivity contribution >= 4 is 67.4 Å². The highest BCUT2D eigenvalue weighted by Gasteiger charge is 2.41. The van der Waals surface area contributed by atoms with Crippen molar-refractivity contribution in [1.29, 1.82) is 0 Å². The molecule has 2 atom stereocenters. The molecule has 0 aromatic carbocycles. The highest BCUT2D eigenvalue weighted by molar-refractivity contribution is 8.26. The van der Waals surface area contributed by atoms with Crippen molar-refractivity contribution in [1.82, 2.24) is 9.80 Å². The molecule has 3 heterocycles. The van der Waals surface area contributed by atoms with E-state index >= 15 is 0 Å². The Morgan fingerprint density at radius 2 is 2.23 bits per heavy atom. The van der Waals surface area contributed by atoms with Crippen molar-refractivity contribution in [3.05, 3.63) is 27.3 Å². The van der Waals surface area contributed by atoms with Crippen LogP contribution in [0.1, 0.15) is 18.2 Å². The first kappa shape index (κ1) is 19.5. The number of sulfone groups is 1. The second-order valence-electron chi connectivity index (χ2n) is 6.25. The van der Waals surface area contributed by atoms with Crippen molar-refractivity contribution in [3.8, 4) is 0 Å². The zero-order valence-corrected chi connectivity index (χ0v) is 17.5. The molecule has 2 saturated heterocycles. The molecule has 1 aromatic rings. The lowest BCUT2D eigenvalue weighted by atomic mass is 10.2. The topological polar surface area (TPSA) is 74.8 Å². The zero-order chi connectivity index (χ0) is 19.1. The van der Waals surface area contributed by atoms with Gasteiger partial charge in [0, 0.05) is 18.0 Å². The monoisotopic (exact) mass is 430 g/mol. The minimum Gasteiger partial charge on any atom is -0.340 e. The van der Waals surface area contributed by atoms with Crippen molar-refractivity contribution < 1.29 is 18.0 Å². The molecule has 2 fully saturated rings. The van der Waals surface area contributed by atoms with Gasteiger partial charge in [0.1, 0.15) is 10.4 Å². The third-order valence-electron chi connectivity index (χ3n) is 4.49. The van der Waals surface area contributed by atoms with Crippen LogP contribution in [-0.2, 0) is 19.4 Å². The predicted molar refractivity (Wildman–Crippen MR) is 109 cm³/mol. The third kappa shape index (κ3) is 3.88. The Kier molecular flexibility index (Phi) is 5.57. The second-order valence-corrected chi connectivity index (χ2v) is 11.1. The predicted octanol–water partition coefficient (Wildman–Crippen LogP) is 1.98. The number of thiocarbonyl (C=S) groups is 1. The second kappa shape index (κ2) is 7.41. The smallest absolute Gasteiger partial charge is 0.266 e. The average Bonchev–Trinajstić information content (AvgIpc) is 3.27. The zero-order valence-electron chi connectivity index (χ0n) is 14.2. The molecule has 0 unspecified atom stereocenters. The average molecular weight is 431 g/mol. The molecule has 10 heteroatoms. The molecule has 0 saturated carbocycles. The van der Waals surface area contributed by atoms with E-state index in [1.54, 1.807) is 20.0 Å². The van der Waals surface area contributed by atoms with E-state index in [0.29, 0.717) is 15.6 Å². The molecule has 0 aliphatic carbocycles. The maximum absolute atomic E-state index is 12.8. The van der Waals surface area contributed by atoms with Crippen LogP contribution in [0.15, 0.2) is 22.4 Å². The molecular formula is C16H18N2O4S4. The molecule has 140 valence electrons. The molecule has 0 bridgehead atoms. The van der Waals surface area contributed by atoms with Gasteiger partial charge in [-0.25, -0.2) is 8.42 Å². The number of likely N-dealkylation sites (N-methyl/N-ethyl adjacent to an activating group) is 1. The molecule has 1 aromatic heterocycles. The van der Waals surface area contributed by atoms with E-state index in [-0.39, 0.29) is 29.4 Å². The molecule has 2 aliphatic rings. The summed E-state index contributed by atoms with van der Waals surface area (Å²) >= 11 is 8.00. The minimum absolute atomic E-state index is 0.0291. The molecule has 2 aliphatic heterocycles. The summed E-state index contributed by atoms with van der Waals surface area (Å²) in [4.78, 5) is 29.7. The van der Waals surface area contributed by atoms with Gasteiger partial charge in [0.25, 0.3) is 5.91 Å². The van der Waals surface area contributed by atoms with Gasteiger partial charge in [-0.1, -0.05) is 30.0 Å². The summed E-state index contributed by atoms with van der Waals surface area (Å²) in [5.41, 5.74) is 0. The Hall–Kier alpha value is -1.23. The first-order chi connectivity index (χ1) is 12.2. The van der Waals surface area contributed by atoms with Gasteiger partial charge in [-0.05, 0) is 30.9 Å². The Labute approximate surface area is 166 Å². The Morgan fingerprint density at radius 3 is 2.81 bits per heavy atom. The van der Waals surface area contributed by atoms with Gasteiger partial charge in [0.15, 0.2) is 9.84 Å². The van der Waals surface area contributed by atoms with Crippen molar-refractivity contribution in [2.75, 3.05) is 18.6 Å². The number of nitrogens with zero attached hydrogens (tertiary/aromatic N) is 2. The first-order valence-corrected chi connectivity index (χ1v) is 11.9. The fourth-order valence-electron chi connectivity index (χ4n) is 2.98. The van der Waals surface area contributed by atoms with Gasteiger partial charge in [0.05, 0.1) is 16.4 Å². The van der Waals surface area contributed by atoms with Crippen LogP contribution in [0.4, 0.5) is 0 Å². The van der Waals surface area contributed by atoms with Crippen molar-refractivity contribution in [3.63, 3.8) is 0 Å². The van der Waals surface area contributed by atoms with E-state index < -0.39 is 15.9 Å². The van der Waals surface area contributed by atoms with E-state index in [4.69, 9.17) is 12.2 Å². The first-order valence-electron chi connectivity index (χ1n) is 7.97. The van der Waals surface area contributed by atoms with Gasteiger partial charge in [0.2, 0.25) is 5.91 Å². The number of thioether (sulfide) groups is 1. The number of hydrogen-bond acceptors (Lipinski definition) is 7. The van der Waals surface area contributed by atoms with Crippen LogP contribution in [0.3, 0.4) is 0 Å². The Balaban J connectivity index is 1.74. The minimum atomic E-state index is -3.09. The van der Waals surface area contributed by atoms with Crippen LogP contribution in [0.5, 0.6) is 0 Å². The molecule has 3 rings (SSSR count). The molecule has 0 spiro atoms. The standard InChI is InChI=1S/C16H18N2O4S4/c1-10(14(19)17(2)11-5-7-26(21,22)9-11)18-15(20)13(25-16(18)23)8-12-4-3-6-24-12/h3-4,6,8,10-11H,5,7,9H2,1-2H3/b13-8+/t10-,11+/m1/s1. The van der Waals surface area contributed by atoms with Crippen LogP contribution < -0.4 is 0 Å². The summed E-state index contributed by atoms with van der Waals surface area (Å²) in [6.07, 6.45) is 2.20. The van der Waals surface area contributed by atoms with E-state index in [1.165, 1.54) is 32.9 Å². The number of hydrogen-bond donors (Lipinski definition) is 0. The Bertz CT molecular complexity index is 876. The lowest BCUT2D eigenvalue weighted by Crippen LogP contribution is -2.50. The van der Waals surface area contributed by atoms with Crippen LogP contribution in [0.25, 0.3) is 6.08 Å². The summed E-state index contributed by atoms with van der Waals surface area (Å²) in [7, 11) is -1.50. The summed E-state index contributed by atoms with van der Waals surface area (Å²) in [5, 5.41) is 1.92. The fourth-order valence-corrected chi connectivity index (χ4v) is 6.90. The maximum atomic E-state index is 12.8. The lowest BCUT2D eigenvalue weighted by Gasteiger charge is -2.30. The van der Waals surface area contributed by atoms with Gasteiger partial charge >= 0.3 is 0 Å². The van der Waals surface area contributed by atoms with Crippen LogP contribution in [0.2, 0.25) is 0 Å². The molecule has 6 nitrogen and oxygen atoms in total. The SMILES string of the molecule is C[C@H](C(=O)N(C)[C@H]1CCS(=O)(=O)C1)N1C(=O)/C(=C\c2cccs2)SC1=S. The fraction of sp³-hybridized carbons (Fsp3) is 0.438. The Morgan fingerprint density at radius 1 is 1.50 bits per heavy atom. The number of amides is 2. The summed E-state index contributed by atoms with van der Waals surface area (Å²) in [6.45, 7) is 1.63. The van der Waals surface area contributed by atoms with E-state index in [1.807, 2.05) is 17.5 Å². The molecular weight excluding hydrogens is 412 g/mol. The van der Waals surface area contributed by atoms with E-state index in [9.17, 15) is 18.0 Å². The van der Waals surface area contributed by atoms with Gasteiger partial charge < -0.3 is 4.90 Å². The lowest BCUT2D eigenvalue weighted by molar-refractivity contribution is -0.139. The largest absolute Gasteiger partial charge is 0.340 e. The summed E-state index contributed by atoms with van der Waals surface area (Å²) in [5.74, 6) is -0.533. The van der Waals surface area contributed by atoms with Crippen LogP contribution in [-0.4, -0.2) is 65.0 Å². The highest BCUT2D eigenvalue weighted by atomic mass is 32.2. The summed E-state index contributed by atoms with van der Waals surface area (Å²) in [6, 6.07) is 2.67. The van der Waals surface area contributed by atoms with E-state index in [0.717, 1.165) is 4.88 Å². The van der Waals surface area contributed by atoms with Gasteiger partial charge in [-0.3, -0.25) is 14.5 Å². The molecule has 2 amide bonds. The highest BCUT2D eigenvalue weighted by Crippen LogP contribution is 2.35. The van der Waals surface area contributed by atoms with Crippen LogP contribution >= 0.6 is 35.3 Å². The maximum Gasteiger partial charge on any atom is 0.266 e.